The van der Waals surface area contributed by atoms with Crippen molar-refractivity contribution in [3.63, 3.8) is 0 Å². The molecule has 8 heteroatoms. The summed E-state index contributed by atoms with van der Waals surface area (Å²) in [5.74, 6) is -0.189. The number of esters is 1. The molecule has 8 nitrogen and oxygen atoms in total. The van der Waals surface area contributed by atoms with Gasteiger partial charge in [-0.1, -0.05) is 48.5 Å². The van der Waals surface area contributed by atoms with E-state index in [4.69, 9.17) is 25.0 Å². The van der Waals surface area contributed by atoms with Crippen molar-refractivity contribution in [2.75, 3.05) is 13.2 Å². The first-order valence-electron chi connectivity index (χ1n) is 11.6. The molecule has 36 heavy (non-hydrogen) atoms. The summed E-state index contributed by atoms with van der Waals surface area (Å²) in [7, 11) is 0. The summed E-state index contributed by atoms with van der Waals surface area (Å²) >= 11 is 0. The molecular weight excluding hydrogens is 456 g/mol. The van der Waals surface area contributed by atoms with Gasteiger partial charge in [-0.2, -0.15) is 10.4 Å². The van der Waals surface area contributed by atoms with Crippen LogP contribution in [0.4, 0.5) is 0 Å². The summed E-state index contributed by atoms with van der Waals surface area (Å²) in [6, 6.07) is 23.5. The van der Waals surface area contributed by atoms with Crippen LogP contribution in [-0.2, 0) is 9.53 Å². The number of fused-ring (bicyclic) bond motifs is 2. The highest BCUT2D eigenvalue weighted by Crippen LogP contribution is 2.47. The Balaban J connectivity index is 1.63. The van der Waals surface area contributed by atoms with Gasteiger partial charge in [-0.25, -0.2) is 9.48 Å². The van der Waals surface area contributed by atoms with Gasteiger partial charge in [0, 0.05) is 5.56 Å². The van der Waals surface area contributed by atoms with Crippen LogP contribution in [0.1, 0.15) is 29.7 Å². The van der Waals surface area contributed by atoms with Crippen LogP contribution in [0.25, 0.3) is 16.5 Å². The predicted octanol–water partition coefficient (Wildman–Crippen LogP) is 4.49. The number of allylic oxidation sites excluding steroid dienone is 1. The lowest BCUT2D eigenvalue weighted by Gasteiger charge is -2.26. The van der Waals surface area contributed by atoms with Crippen LogP contribution in [0, 0.1) is 18.3 Å². The van der Waals surface area contributed by atoms with Crippen molar-refractivity contribution >= 4 is 16.7 Å². The van der Waals surface area contributed by atoms with Gasteiger partial charge in [0.1, 0.15) is 17.4 Å². The standard InChI is InChI=1S/C28H24N4O4/c1-3-34-24(33)16-35-23-11-7-6-10-21(23)26-22(15-29)27(30)36-28-25(26)17(2)31-32(28)20-13-12-18-8-4-5-9-19(18)14-20/h4-14,26H,3,16,30H2,1-2H3/t26-/m0/s1. The molecule has 0 amide bonds. The number of hydrogen-bond donors (Lipinski definition) is 1. The maximum absolute atomic E-state index is 11.9. The number of rotatable bonds is 6. The second-order valence-electron chi connectivity index (χ2n) is 8.30. The van der Waals surface area contributed by atoms with Crippen molar-refractivity contribution in [2.24, 2.45) is 5.73 Å². The monoisotopic (exact) mass is 480 g/mol. The summed E-state index contributed by atoms with van der Waals surface area (Å²) in [6.07, 6.45) is 0. The third-order valence-corrected chi connectivity index (χ3v) is 6.09. The predicted molar refractivity (Wildman–Crippen MR) is 134 cm³/mol. The van der Waals surface area contributed by atoms with Gasteiger partial charge < -0.3 is 19.9 Å². The quantitative estimate of drug-likeness (QED) is 0.405. The Hall–Kier alpha value is -4.77. The Morgan fingerprint density at radius 2 is 1.89 bits per heavy atom. The molecule has 1 aliphatic rings. The number of nitrogens with two attached hydrogens (primary N) is 1. The van der Waals surface area contributed by atoms with Crippen molar-refractivity contribution < 1.29 is 19.0 Å². The number of carbonyl (C=O) groups is 1. The van der Waals surface area contributed by atoms with E-state index in [0.717, 1.165) is 16.5 Å². The molecule has 5 rings (SSSR count). The third kappa shape index (κ3) is 4.01. The van der Waals surface area contributed by atoms with Crippen LogP contribution < -0.4 is 15.2 Å². The van der Waals surface area contributed by atoms with Gasteiger partial charge in [-0.15, -0.1) is 0 Å². The highest BCUT2D eigenvalue weighted by molar-refractivity contribution is 5.84. The maximum atomic E-state index is 11.9. The molecule has 2 N–H and O–H groups in total. The van der Waals surface area contributed by atoms with Crippen molar-refractivity contribution in [1.82, 2.24) is 9.78 Å². The number of hydrogen-bond acceptors (Lipinski definition) is 7. The van der Waals surface area contributed by atoms with Crippen LogP contribution in [0.5, 0.6) is 11.6 Å². The summed E-state index contributed by atoms with van der Waals surface area (Å²) in [4.78, 5) is 11.9. The van der Waals surface area contributed by atoms with Gasteiger partial charge in [-0.05, 0) is 42.8 Å². The molecule has 0 spiro atoms. The maximum Gasteiger partial charge on any atom is 0.344 e. The Morgan fingerprint density at radius 3 is 2.67 bits per heavy atom. The molecule has 0 aliphatic carbocycles. The smallest absolute Gasteiger partial charge is 0.344 e. The molecule has 3 aromatic carbocycles. The Bertz CT molecular complexity index is 1550. The van der Waals surface area contributed by atoms with E-state index in [0.29, 0.717) is 28.5 Å². The van der Waals surface area contributed by atoms with Crippen LogP contribution >= 0.6 is 0 Å². The second kappa shape index (κ2) is 9.47. The van der Waals surface area contributed by atoms with Crippen LogP contribution in [-0.4, -0.2) is 29.0 Å². The number of benzene rings is 3. The Labute approximate surface area is 208 Å². The molecule has 0 fully saturated rings. The number of carbonyl (C=O) groups excluding carboxylic acids is 1. The fourth-order valence-corrected chi connectivity index (χ4v) is 4.50. The van der Waals surface area contributed by atoms with E-state index >= 15 is 0 Å². The summed E-state index contributed by atoms with van der Waals surface area (Å²) in [5.41, 5.74) is 9.38. The molecule has 1 aromatic heterocycles. The van der Waals surface area contributed by atoms with Gasteiger partial charge in [0.25, 0.3) is 0 Å². The Kier molecular flexibility index (Phi) is 6.05. The summed E-state index contributed by atoms with van der Waals surface area (Å²) in [6.45, 7) is 3.61. The zero-order valence-electron chi connectivity index (χ0n) is 19.9. The van der Waals surface area contributed by atoms with Crippen LogP contribution in [0.3, 0.4) is 0 Å². The lowest BCUT2D eigenvalue weighted by atomic mass is 9.83. The zero-order chi connectivity index (χ0) is 25.2. The second-order valence-corrected chi connectivity index (χ2v) is 8.30. The zero-order valence-corrected chi connectivity index (χ0v) is 19.9. The lowest BCUT2D eigenvalue weighted by molar-refractivity contribution is -0.145. The number of aromatic nitrogens is 2. The normalized spacial score (nSPS) is 14.6. The van der Waals surface area contributed by atoms with Crippen LogP contribution in [0.15, 0.2) is 78.2 Å². The molecule has 1 aliphatic heterocycles. The highest BCUT2D eigenvalue weighted by atomic mass is 16.6. The first-order chi connectivity index (χ1) is 17.5. The van der Waals surface area contributed by atoms with E-state index in [1.54, 1.807) is 23.7 Å². The van der Waals surface area contributed by atoms with E-state index in [9.17, 15) is 10.1 Å². The third-order valence-electron chi connectivity index (χ3n) is 6.09. The minimum atomic E-state index is -0.591. The highest BCUT2D eigenvalue weighted by Gasteiger charge is 2.37. The largest absolute Gasteiger partial charge is 0.482 e. The minimum absolute atomic E-state index is 0.00265. The van der Waals surface area contributed by atoms with E-state index in [1.807, 2.05) is 61.5 Å². The van der Waals surface area contributed by atoms with Crippen molar-refractivity contribution in [3.8, 4) is 23.4 Å². The van der Waals surface area contributed by atoms with Crippen molar-refractivity contribution in [1.29, 1.82) is 5.26 Å². The SMILES string of the molecule is CCOC(=O)COc1ccccc1[C@H]1C(C#N)=C(N)Oc2c1c(C)nn2-c1ccc2ccccc2c1. The van der Waals surface area contributed by atoms with E-state index in [-0.39, 0.29) is 24.7 Å². The van der Waals surface area contributed by atoms with Gasteiger partial charge in [0.15, 0.2) is 6.61 Å². The van der Waals surface area contributed by atoms with Crippen molar-refractivity contribution in [2.45, 2.75) is 19.8 Å². The summed E-state index contributed by atoms with van der Waals surface area (Å²) < 4.78 is 18.5. The van der Waals surface area contributed by atoms with Crippen molar-refractivity contribution in [3.05, 3.63) is 95.0 Å². The van der Waals surface area contributed by atoms with Crippen LogP contribution in [0.2, 0.25) is 0 Å². The van der Waals surface area contributed by atoms with Gasteiger partial charge >= 0.3 is 5.97 Å². The molecule has 2 heterocycles. The first-order valence-corrected chi connectivity index (χ1v) is 11.6. The molecule has 1 atom stereocenters. The number of aryl methyl sites for hydroxylation is 1. The molecule has 4 aromatic rings. The fourth-order valence-electron chi connectivity index (χ4n) is 4.50. The molecule has 0 saturated heterocycles. The fraction of sp³-hybridized carbons (Fsp3) is 0.179. The van der Waals surface area contributed by atoms with Gasteiger partial charge in [-0.3, -0.25) is 0 Å². The number of ether oxygens (including phenoxy) is 3. The number of para-hydroxylation sites is 1. The first kappa shape index (κ1) is 23.0. The summed E-state index contributed by atoms with van der Waals surface area (Å²) in [5, 5.41) is 16.9. The molecule has 180 valence electrons. The lowest BCUT2D eigenvalue weighted by Crippen LogP contribution is -2.23. The molecule has 0 bridgehead atoms. The van der Waals surface area contributed by atoms with Gasteiger partial charge in [0.05, 0.1) is 29.5 Å². The number of nitrogens with zero attached hydrogens (tertiary/aromatic N) is 3. The topological polar surface area (TPSA) is 112 Å². The molecule has 0 saturated carbocycles. The number of nitriles is 1. The molecule has 0 unspecified atom stereocenters. The average Bonchev–Trinajstić information content (AvgIpc) is 3.22. The van der Waals surface area contributed by atoms with E-state index in [1.165, 1.54) is 0 Å². The van der Waals surface area contributed by atoms with Gasteiger partial charge in [0.2, 0.25) is 11.8 Å². The van der Waals surface area contributed by atoms with E-state index < -0.39 is 11.9 Å². The minimum Gasteiger partial charge on any atom is -0.482 e. The molecule has 0 radical (unpaired) electrons. The Morgan fingerprint density at radius 1 is 1.14 bits per heavy atom. The average molecular weight is 481 g/mol. The molecular formula is C28H24N4O4. The van der Waals surface area contributed by atoms with E-state index in [2.05, 4.69) is 6.07 Å².